The summed E-state index contributed by atoms with van der Waals surface area (Å²) in [6.45, 7) is 4.35. The van der Waals surface area contributed by atoms with E-state index in [9.17, 15) is 28.6 Å². The van der Waals surface area contributed by atoms with Crippen molar-refractivity contribution in [2.45, 2.75) is 32.8 Å². The Morgan fingerprint density at radius 1 is 1.18 bits per heavy atom. The fourth-order valence-electron chi connectivity index (χ4n) is 4.56. The van der Waals surface area contributed by atoms with Crippen LogP contribution in [0, 0.1) is 23.4 Å². The minimum atomic E-state index is -1.54. The van der Waals surface area contributed by atoms with Crippen molar-refractivity contribution in [3.05, 3.63) is 69.3 Å². The number of carboxylic acid groups (broad SMARTS) is 1. The van der Waals surface area contributed by atoms with Crippen molar-refractivity contribution < 1.29 is 28.2 Å². The van der Waals surface area contributed by atoms with Crippen LogP contribution in [0.15, 0.2) is 35.3 Å². The van der Waals surface area contributed by atoms with Crippen molar-refractivity contribution >= 4 is 22.6 Å². The van der Waals surface area contributed by atoms with Gasteiger partial charge in [0.05, 0.1) is 28.4 Å². The van der Waals surface area contributed by atoms with Crippen LogP contribution in [0.25, 0.3) is 16.6 Å². The molecule has 2 aromatic carbocycles. The molecule has 2 unspecified atom stereocenters. The predicted molar refractivity (Wildman–Crippen MR) is 118 cm³/mol. The molecule has 0 radical (unpaired) electrons. The van der Waals surface area contributed by atoms with Crippen molar-refractivity contribution in [2.75, 3.05) is 18.0 Å². The number of hydrogen-bond donors (Lipinski definition) is 2. The Labute approximate surface area is 187 Å². The van der Waals surface area contributed by atoms with E-state index in [1.54, 1.807) is 11.8 Å². The van der Waals surface area contributed by atoms with E-state index in [0.29, 0.717) is 31.1 Å². The van der Waals surface area contributed by atoms with Gasteiger partial charge in [0.25, 0.3) is 0 Å². The lowest BCUT2D eigenvalue weighted by molar-refractivity contribution is 0.0695. The Balaban J connectivity index is 2.10. The monoisotopic (exact) mass is 460 g/mol. The summed E-state index contributed by atoms with van der Waals surface area (Å²) in [5.74, 6) is -4.14. The summed E-state index contributed by atoms with van der Waals surface area (Å²) in [5.41, 5.74) is -0.936. The van der Waals surface area contributed by atoms with Crippen LogP contribution in [-0.2, 0) is 6.42 Å². The molecule has 2 heterocycles. The zero-order valence-electron chi connectivity index (χ0n) is 18.1. The molecule has 0 aliphatic carbocycles. The summed E-state index contributed by atoms with van der Waals surface area (Å²) >= 11 is 0. The average Bonchev–Trinajstić information content (AvgIpc) is 2.75. The van der Waals surface area contributed by atoms with E-state index in [-0.39, 0.29) is 34.6 Å². The topological polar surface area (TPSA) is 82.8 Å². The summed E-state index contributed by atoms with van der Waals surface area (Å²) in [7, 11) is 0. The van der Waals surface area contributed by atoms with Crippen LogP contribution >= 0.6 is 0 Å². The van der Waals surface area contributed by atoms with Crippen molar-refractivity contribution in [1.29, 1.82) is 0 Å². The number of anilines is 1. The van der Waals surface area contributed by atoms with Gasteiger partial charge in [-0.25, -0.2) is 18.0 Å². The molecule has 6 nitrogen and oxygen atoms in total. The highest BCUT2D eigenvalue weighted by Gasteiger charge is 2.30. The summed E-state index contributed by atoms with van der Waals surface area (Å²) in [4.78, 5) is 26.4. The lowest BCUT2D eigenvalue weighted by Gasteiger charge is -2.37. The van der Waals surface area contributed by atoms with Crippen LogP contribution in [0.5, 0.6) is 0 Å². The number of aromatic carboxylic acids is 1. The van der Waals surface area contributed by atoms with Crippen LogP contribution in [-0.4, -0.2) is 39.9 Å². The van der Waals surface area contributed by atoms with Crippen LogP contribution in [0.4, 0.5) is 18.9 Å². The lowest BCUT2D eigenvalue weighted by atomic mass is 9.94. The first-order valence-electron chi connectivity index (χ1n) is 10.7. The summed E-state index contributed by atoms with van der Waals surface area (Å²) < 4.78 is 44.9. The number of rotatable bonds is 4. The first-order chi connectivity index (χ1) is 15.6. The molecule has 1 saturated heterocycles. The molecular formula is C24H23F3N2O4. The highest BCUT2D eigenvalue weighted by Crippen LogP contribution is 2.36. The molecule has 0 amide bonds. The summed E-state index contributed by atoms with van der Waals surface area (Å²) in [5, 5.41) is 19.4. The van der Waals surface area contributed by atoms with Crippen molar-refractivity contribution in [2.24, 2.45) is 5.92 Å². The number of piperidine rings is 1. The van der Waals surface area contributed by atoms with Crippen LogP contribution < -0.4 is 10.3 Å². The van der Waals surface area contributed by atoms with Crippen molar-refractivity contribution in [3.8, 4) is 5.69 Å². The van der Waals surface area contributed by atoms with E-state index in [1.165, 1.54) is 4.57 Å². The SMILES string of the molecule is CCc1c(N2CCC(O)C(C)C2)c(F)cc2c(=O)c(C(=O)O)cn(-c3ccc(F)cc3F)c12. The van der Waals surface area contributed by atoms with E-state index in [0.717, 1.165) is 24.4 Å². The van der Waals surface area contributed by atoms with Crippen molar-refractivity contribution in [3.63, 3.8) is 0 Å². The third-order valence-electron chi connectivity index (χ3n) is 6.24. The average molecular weight is 460 g/mol. The molecule has 1 aliphatic rings. The van der Waals surface area contributed by atoms with Gasteiger partial charge in [-0.05, 0) is 37.0 Å². The number of halogens is 3. The Bertz CT molecular complexity index is 1320. The van der Waals surface area contributed by atoms with E-state index in [2.05, 4.69) is 0 Å². The molecular weight excluding hydrogens is 437 g/mol. The van der Waals surface area contributed by atoms with E-state index >= 15 is 4.39 Å². The number of aromatic nitrogens is 1. The molecule has 2 atom stereocenters. The number of nitrogens with zero attached hydrogens (tertiary/aromatic N) is 2. The number of aliphatic hydroxyl groups excluding tert-OH is 1. The zero-order valence-corrected chi connectivity index (χ0v) is 18.1. The van der Waals surface area contributed by atoms with Gasteiger partial charge < -0.3 is 19.7 Å². The van der Waals surface area contributed by atoms with Gasteiger partial charge >= 0.3 is 5.97 Å². The second-order valence-corrected chi connectivity index (χ2v) is 8.36. The molecule has 1 fully saturated rings. The third-order valence-corrected chi connectivity index (χ3v) is 6.24. The van der Waals surface area contributed by atoms with Gasteiger partial charge in [-0.3, -0.25) is 4.79 Å². The van der Waals surface area contributed by atoms with Crippen molar-refractivity contribution in [1.82, 2.24) is 4.57 Å². The molecule has 174 valence electrons. The molecule has 9 heteroatoms. The highest BCUT2D eigenvalue weighted by atomic mass is 19.1. The predicted octanol–water partition coefficient (Wildman–Crippen LogP) is 3.88. The van der Waals surface area contributed by atoms with Gasteiger partial charge in [0.2, 0.25) is 5.43 Å². The Morgan fingerprint density at radius 2 is 1.91 bits per heavy atom. The van der Waals surface area contributed by atoms with Gasteiger partial charge in [-0.15, -0.1) is 0 Å². The van der Waals surface area contributed by atoms with Gasteiger partial charge in [0.1, 0.15) is 23.0 Å². The normalized spacial score (nSPS) is 18.7. The number of aryl methyl sites for hydroxylation is 1. The number of benzene rings is 2. The first-order valence-corrected chi connectivity index (χ1v) is 10.7. The van der Waals surface area contributed by atoms with Gasteiger partial charge in [-0.2, -0.15) is 0 Å². The zero-order chi connectivity index (χ0) is 24.0. The smallest absolute Gasteiger partial charge is 0.341 e. The van der Waals surface area contributed by atoms with Crippen LogP contribution in [0.3, 0.4) is 0 Å². The maximum atomic E-state index is 15.4. The standard InChI is InChI=1S/C24H23F3N2O4/c1-3-14-21-15(9-18(27)22(14)28-7-6-20(30)12(2)10-28)23(31)16(24(32)33)11-29(21)19-5-4-13(25)8-17(19)26/h4-5,8-9,11-12,20,30H,3,6-7,10H2,1-2H3,(H,32,33). The van der Waals surface area contributed by atoms with Crippen LogP contribution in [0.1, 0.15) is 36.2 Å². The van der Waals surface area contributed by atoms with E-state index in [1.807, 2.05) is 6.92 Å². The Morgan fingerprint density at radius 3 is 2.52 bits per heavy atom. The third kappa shape index (κ3) is 3.86. The number of carboxylic acids is 1. The molecule has 2 N–H and O–H groups in total. The number of carbonyl (C=O) groups is 1. The first kappa shape index (κ1) is 22.8. The largest absolute Gasteiger partial charge is 0.477 e. The molecule has 0 saturated carbocycles. The maximum Gasteiger partial charge on any atom is 0.341 e. The van der Waals surface area contributed by atoms with Gasteiger partial charge in [0, 0.05) is 30.9 Å². The fraction of sp³-hybridized carbons (Fsp3) is 0.333. The second-order valence-electron chi connectivity index (χ2n) is 8.36. The number of aliphatic hydroxyl groups is 1. The quantitative estimate of drug-likeness (QED) is 0.618. The molecule has 1 aromatic heterocycles. The van der Waals surface area contributed by atoms with Gasteiger partial charge in [-0.1, -0.05) is 13.8 Å². The lowest BCUT2D eigenvalue weighted by Crippen LogP contribution is -2.42. The Kier molecular flexibility index (Phi) is 5.92. The fourth-order valence-corrected chi connectivity index (χ4v) is 4.56. The van der Waals surface area contributed by atoms with Gasteiger partial charge in [0.15, 0.2) is 0 Å². The van der Waals surface area contributed by atoms with Crippen LogP contribution in [0.2, 0.25) is 0 Å². The van der Waals surface area contributed by atoms with E-state index in [4.69, 9.17) is 0 Å². The molecule has 0 bridgehead atoms. The molecule has 1 aliphatic heterocycles. The minimum Gasteiger partial charge on any atom is -0.477 e. The summed E-state index contributed by atoms with van der Waals surface area (Å²) in [6, 6.07) is 3.80. The number of pyridine rings is 1. The highest BCUT2D eigenvalue weighted by molar-refractivity contribution is 5.96. The minimum absolute atomic E-state index is 0.121. The number of fused-ring (bicyclic) bond motifs is 1. The Hall–Kier alpha value is -3.33. The number of hydrogen-bond acceptors (Lipinski definition) is 4. The molecule has 33 heavy (non-hydrogen) atoms. The second kappa shape index (κ2) is 8.55. The maximum absolute atomic E-state index is 15.4. The summed E-state index contributed by atoms with van der Waals surface area (Å²) in [6.07, 6.45) is 1.16. The molecule has 4 rings (SSSR count). The molecule has 3 aromatic rings. The van der Waals surface area contributed by atoms with E-state index < -0.39 is 40.5 Å². The molecule has 0 spiro atoms.